The van der Waals surface area contributed by atoms with E-state index in [9.17, 15) is 14.7 Å². The molecule has 44 heavy (non-hydrogen) atoms. The summed E-state index contributed by atoms with van der Waals surface area (Å²) in [6, 6.07) is 12.7. The summed E-state index contributed by atoms with van der Waals surface area (Å²) in [7, 11) is 1.98. The lowest BCUT2D eigenvalue weighted by molar-refractivity contribution is -0.137. The molecule has 0 saturated carbocycles. The fraction of sp³-hybridized carbons (Fsp3) is 0.343. The van der Waals surface area contributed by atoms with Crippen LogP contribution < -0.4 is 0 Å². The molecule has 2 aromatic carbocycles. The maximum atomic E-state index is 14.1. The molecule has 10 bridgehead atoms. The van der Waals surface area contributed by atoms with E-state index in [1.165, 1.54) is 11.1 Å². The lowest BCUT2D eigenvalue weighted by Gasteiger charge is -2.30. The van der Waals surface area contributed by atoms with Crippen LogP contribution in [0.2, 0.25) is 0 Å². The molecule has 3 aromatic heterocycles. The van der Waals surface area contributed by atoms with Crippen molar-refractivity contribution in [3.05, 3.63) is 99.4 Å². The summed E-state index contributed by atoms with van der Waals surface area (Å²) >= 11 is 0. The van der Waals surface area contributed by atoms with E-state index in [0.717, 1.165) is 70.1 Å². The number of fused-ring (bicyclic) bond motifs is 5. The van der Waals surface area contributed by atoms with Gasteiger partial charge >= 0.3 is 5.97 Å². The zero-order chi connectivity index (χ0) is 30.5. The van der Waals surface area contributed by atoms with Gasteiger partial charge in [0.2, 0.25) is 0 Å². The minimum absolute atomic E-state index is 0.0239. The summed E-state index contributed by atoms with van der Waals surface area (Å²) < 4.78 is 3.86. The molecule has 1 N–H and O–H groups in total. The van der Waals surface area contributed by atoms with Crippen molar-refractivity contribution in [1.82, 2.24) is 29.4 Å². The van der Waals surface area contributed by atoms with Crippen molar-refractivity contribution in [2.24, 2.45) is 7.05 Å². The standard InChI is InChI=1S/C35H36N6O3/c1-21-29-19-36-34-32(21)37-38-41(34)14-7-5-4-6-8-23-9-12-30-27(16-23)22(2)33(39(30)3)35(44)40-15-13-24-10-11-25(17-26(24)20-40)28(29)18-31(42)43/h4-5,9-12,16-17,19,28H,6-8,13-15,18,20H2,1-3H3,(H,42,43)/b5-4-/t28-/m1/s1. The van der Waals surface area contributed by atoms with Gasteiger partial charge in [-0.3, -0.25) is 9.59 Å². The third kappa shape index (κ3) is 4.76. The van der Waals surface area contributed by atoms with Crippen molar-refractivity contribution in [2.45, 2.75) is 65.0 Å². The molecule has 9 heteroatoms. The molecule has 1 atom stereocenters. The molecule has 3 aliphatic rings. The highest BCUT2D eigenvalue weighted by molar-refractivity contribution is 6.01. The number of rotatable bonds is 2. The molecule has 0 aliphatic carbocycles. The third-order valence-electron chi connectivity index (χ3n) is 9.50. The van der Waals surface area contributed by atoms with Gasteiger partial charge in [-0.25, -0.2) is 9.67 Å². The summed E-state index contributed by atoms with van der Waals surface area (Å²) in [4.78, 5) is 32.9. The van der Waals surface area contributed by atoms with E-state index < -0.39 is 11.9 Å². The predicted octanol–water partition coefficient (Wildman–Crippen LogP) is 5.63. The average Bonchev–Trinajstić information content (AvgIpc) is 3.54. The Balaban J connectivity index is 1.34. The van der Waals surface area contributed by atoms with Crippen molar-refractivity contribution < 1.29 is 14.7 Å². The lowest BCUT2D eigenvalue weighted by atomic mass is 9.84. The number of pyridine rings is 1. The normalized spacial score (nSPS) is 17.9. The number of benzene rings is 2. The first-order valence-corrected chi connectivity index (χ1v) is 15.3. The number of hydrogen-bond donors (Lipinski definition) is 1. The fourth-order valence-corrected chi connectivity index (χ4v) is 7.06. The number of nitrogens with zero attached hydrogens (tertiary/aromatic N) is 6. The Hall–Kier alpha value is -4.79. The number of amides is 1. The summed E-state index contributed by atoms with van der Waals surface area (Å²) in [6.45, 7) is 5.80. The zero-order valence-electron chi connectivity index (χ0n) is 25.4. The van der Waals surface area contributed by atoms with Gasteiger partial charge in [-0.1, -0.05) is 41.6 Å². The van der Waals surface area contributed by atoms with Gasteiger partial charge in [0.25, 0.3) is 5.91 Å². The minimum Gasteiger partial charge on any atom is -0.481 e. The van der Waals surface area contributed by atoms with Crippen molar-refractivity contribution in [2.75, 3.05) is 6.54 Å². The molecule has 0 radical (unpaired) electrons. The van der Waals surface area contributed by atoms with E-state index in [4.69, 9.17) is 4.98 Å². The number of hydrogen-bond acceptors (Lipinski definition) is 5. The Morgan fingerprint density at radius 2 is 1.84 bits per heavy atom. The number of carbonyl (C=O) groups excluding carboxylic acids is 1. The van der Waals surface area contributed by atoms with Crippen LogP contribution in [0.1, 0.15) is 74.6 Å². The SMILES string of the molecule is Cc1c2n(C)c3ccc(cc13)CC/C=C\CCn1nnc3c(C)c(cnc31)[C@H](CC(=O)O)c1ccc3c(c1)CN(CC3)C2=O. The molecular weight excluding hydrogens is 552 g/mol. The number of carbonyl (C=O) groups is 2. The Morgan fingerprint density at radius 3 is 2.68 bits per heavy atom. The number of carboxylic acid groups (broad SMARTS) is 1. The van der Waals surface area contributed by atoms with E-state index in [1.807, 2.05) is 34.2 Å². The predicted molar refractivity (Wildman–Crippen MR) is 169 cm³/mol. The van der Waals surface area contributed by atoms with Crippen LogP contribution in [0, 0.1) is 13.8 Å². The van der Waals surface area contributed by atoms with Crippen LogP contribution >= 0.6 is 0 Å². The number of carboxylic acids is 1. The summed E-state index contributed by atoms with van der Waals surface area (Å²) in [5.41, 5.74) is 10.3. The zero-order valence-corrected chi connectivity index (χ0v) is 25.4. The molecule has 0 fully saturated rings. The molecule has 0 spiro atoms. The van der Waals surface area contributed by atoms with Crippen molar-refractivity contribution in [3.8, 4) is 0 Å². The number of aryl methyl sites for hydroxylation is 5. The van der Waals surface area contributed by atoms with Gasteiger partial charge in [-0.05, 0) is 90.6 Å². The van der Waals surface area contributed by atoms with Crippen LogP contribution in [0.3, 0.4) is 0 Å². The van der Waals surface area contributed by atoms with E-state index in [2.05, 4.69) is 59.7 Å². The van der Waals surface area contributed by atoms with Crippen LogP contribution in [-0.2, 0) is 37.8 Å². The van der Waals surface area contributed by atoms with E-state index in [0.29, 0.717) is 30.8 Å². The maximum Gasteiger partial charge on any atom is 0.304 e. The Labute approximate surface area is 255 Å². The Kier molecular flexibility index (Phi) is 7.03. The Morgan fingerprint density at radius 1 is 1.00 bits per heavy atom. The second-order valence-corrected chi connectivity index (χ2v) is 12.2. The van der Waals surface area contributed by atoms with Gasteiger partial charge in [0.05, 0.1) is 6.42 Å². The molecule has 8 rings (SSSR count). The van der Waals surface area contributed by atoms with Crippen molar-refractivity contribution in [3.63, 3.8) is 0 Å². The molecule has 0 unspecified atom stereocenters. The molecular formula is C35H36N6O3. The molecule has 0 saturated heterocycles. The smallest absolute Gasteiger partial charge is 0.304 e. The van der Waals surface area contributed by atoms with Gasteiger partial charge < -0.3 is 14.6 Å². The monoisotopic (exact) mass is 588 g/mol. The molecule has 9 nitrogen and oxygen atoms in total. The highest BCUT2D eigenvalue weighted by Crippen LogP contribution is 2.35. The van der Waals surface area contributed by atoms with Gasteiger partial charge in [-0.2, -0.15) is 0 Å². The molecule has 3 aliphatic heterocycles. The topological polar surface area (TPSA) is 106 Å². The molecule has 1 amide bonds. The van der Waals surface area contributed by atoms with Gasteiger partial charge in [-0.15, -0.1) is 5.10 Å². The van der Waals surface area contributed by atoms with Gasteiger partial charge in [0, 0.05) is 49.7 Å². The van der Waals surface area contributed by atoms with Crippen molar-refractivity contribution in [1.29, 1.82) is 0 Å². The minimum atomic E-state index is -0.883. The first-order valence-electron chi connectivity index (χ1n) is 15.3. The van der Waals surface area contributed by atoms with E-state index >= 15 is 0 Å². The number of allylic oxidation sites excluding steroid dienone is 2. The van der Waals surface area contributed by atoms with E-state index in [-0.39, 0.29) is 12.3 Å². The molecule has 5 aromatic rings. The Bertz CT molecular complexity index is 1980. The van der Waals surface area contributed by atoms with Crippen LogP contribution in [0.15, 0.2) is 54.7 Å². The summed E-state index contributed by atoms with van der Waals surface area (Å²) in [5.74, 6) is -1.27. The molecule has 224 valence electrons. The first-order chi connectivity index (χ1) is 21.3. The van der Waals surface area contributed by atoms with Gasteiger partial charge in [0.15, 0.2) is 5.65 Å². The second-order valence-electron chi connectivity index (χ2n) is 12.2. The van der Waals surface area contributed by atoms with Gasteiger partial charge in [0.1, 0.15) is 11.2 Å². The highest BCUT2D eigenvalue weighted by atomic mass is 16.4. The molecule has 6 heterocycles. The largest absolute Gasteiger partial charge is 0.481 e. The van der Waals surface area contributed by atoms with E-state index in [1.54, 1.807) is 6.20 Å². The quantitative estimate of drug-likeness (QED) is 0.268. The summed E-state index contributed by atoms with van der Waals surface area (Å²) in [6.07, 6.45) is 9.48. The average molecular weight is 589 g/mol. The van der Waals surface area contributed by atoms with Crippen LogP contribution in [0.25, 0.3) is 22.1 Å². The fourth-order valence-electron chi connectivity index (χ4n) is 7.06. The number of aromatic nitrogens is 5. The number of aliphatic carboxylic acids is 1. The third-order valence-corrected chi connectivity index (χ3v) is 9.50. The van der Waals surface area contributed by atoms with Crippen LogP contribution in [0.4, 0.5) is 0 Å². The first kappa shape index (κ1) is 28.0. The summed E-state index contributed by atoms with van der Waals surface area (Å²) in [5, 5.41) is 19.9. The van der Waals surface area contributed by atoms with Crippen molar-refractivity contribution >= 4 is 33.9 Å². The second kappa shape index (κ2) is 11.0. The highest BCUT2D eigenvalue weighted by Gasteiger charge is 2.29. The van der Waals surface area contributed by atoms with Crippen LogP contribution in [-0.4, -0.2) is 53.0 Å². The van der Waals surface area contributed by atoms with Crippen LogP contribution in [0.5, 0.6) is 0 Å². The lowest BCUT2D eigenvalue weighted by Crippen LogP contribution is -2.37. The maximum absolute atomic E-state index is 14.1.